The maximum Gasteiger partial charge on any atom is 0.326 e. The van der Waals surface area contributed by atoms with E-state index < -0.39 is 0 Å². The molecule has 4 rings (SSSR count). The van der Waals surface area contributed by atoms with Crippen LogP contribution in [0.5, 0.6) is 0 Å². The number of hydrogen-bond acceptors (Lipinski definition) is 3. The van der Waals surface area contributed by atoms with Crippen molar-refractivity contribution in [3.8, 4) is 0 Å². The van der Waals surface area contributed by atoms with E-state index in [4.69, 9.17) is 0 Å². The molecule has 2 amide bonds. The van der Waals surface area contributed by atoms with E-state index >= 15 is 0 Å². The number of hydrogen-bond donors (Lipinski definition) is 1. The van der Waals surface area contributed by atoms with Gasteiger partial charge in [0, 0.05) is 22.6 Å². The number of carbonyl (C=O) groups is 1. The third-order valence-electron chi connectivity index (χ3n) is 6.34. The Morgan fingerprint density at radius 2 is 1.90 bits per heavy atom. The highest BCUT2D eigenvalue weighted by molar-refractivity contribution is 7.17. The molecular weight excluding hydrogens is 402 g/mol. The molecule has 1 aliphatic heterocycles. The minimum atomic E-state index is -0.0888. The first kappa shape index (κ1) is 21.8. The number of unbranched alkanes of at least 4 members (excludes halogenated alkanes) is 1. The molecule has 1 saturated heterocycles. The first-order valence-electron chi connectivity index (χ1n) is 11.6. The van der Waals surface area contributed by atoms with Crippen molar-refractivity contribution >= 4 is 38.8 Å². The van der Waals surface area contributed by atoms with Gasteiger partial charge in [-0.05, 0) is 98.4 Å². The van der Waals surface area contributed by atoms with Gasteiger partial charge in [0.05, 0.1) is 0 Å². The fraction of sp³-hybridized carbons (Fsp3) is 0.423. The fourth-order valence-electron chi connectivity index (χ4n) is 4.53. The predicted octanol–water partition coefficient (Wildman–Crippen LogP) is 6.94. The van der Waals surface area contributed by atoms with Crippen LogP contribution in [0.15, 0.2) is 53.9 Å². The van der Waals surface area contributed by atoms with Gasteiger partial charge < -0.3 is 10.2 Å². The Morgan fingerprint density at radius 3 is 2.61 bits per heavy atom. The van der Waals surface area contributed by atoms with Gasteiger partial charge in [-0.25, -0.2) is 4.79 Å². The van der Waals surface area contributed by atoms with E-state index in [0.29, 0.717) is 12.5 Å². The number of anilines is 2. The number of likely N-dealkylation sites (tertiary alicyclic amines) is 1. The number of thiophene rings is 1. The van der Waals surface area contributed by atoms with Crippen LogP contribution in [-0.2, 0) is 0 Å². The molecule has 0 radical (unpaired) electrons. The fourth-order valence-corrected chi connectivity index (χ4v) is 5.56. The number of para-hydroxylation sites is 1. The molecule has 2 aromatic carbocycles. The molecule has 0 atom stereocenters. The lowest BCUT2D eigenvalue weighted by Gasteiger charge is -2.32. The maximum atomic E-state index is 12.9. The Kier molecular flexibility index (Phi) is 7.25. The first-order chi connectivity index (χ1) is 15.2. The van der Waals surface area contributed by atoms with Gasteiger partial charge in [0.15, 0.2) is 0 Å². The molecule has 0 bridgehead atoms. The standard InChI is InChI=1S/C26H33N3OS/c1-3-5-15-28-16-13-20(14-17-28)24-19-31-25-12-11-21(18-23(24)25)27-26(30)29(4-2)22-9-7-6-8-10-22/h6-12,18-20H,3-5,13-17H2,1-2H3,(H,27,30). The Bertz CT molecular complexity index is 992. The van der Waals surface area contributed by atoms with Crippen LogP contribution in [0.2, 0.25) is 0 Å². The Morgan fingerprint density at radius 1 is 1.13 bits per heavy atom. The summed E-state index contributed by atoms with van der Waals surface area (Å²) in [4.78, 5) is 17.3. The van der Waals surface area contributed by atoms with Crippen molar-refractivity contribution in [3.05, 3.63) is 59.5 Å². The molecule has 0 unspecified atom stereocenters. The molecule has 0 aliphatic carbocycles. The van der Waals surface area contributed by atoms with Gasteiger partial charge in [0.2, 0.25) is 0 Å². The van der Waals surface area contributed by atoms with Gasteiger partial charge in [0.25, 0.3) is 0 Å². The summed E-state index contributed by atoms with van der Waals surface area (Å²) < 4.78 is 1.30. The summed E-state index contributed by atoms with van der Waals surface area (Å²) in [7, 11) is 0. The van der Waals surface area contributed by atoms with E-state index in [0.717, 1.165) is 11.4 Å². The van der Waals surface area contributed by atoms with Crippen molar-refractivity contribution in [1.29, 1.82) is 0 Å². The summed E-state index contributed by atoms with van der Waals surface area (Å²) in [6.45, 7) is 8.51. The van der Waals surface area contributed by atoms with E-state index in [9.17, 15) is 4.79 Å². The molecule has 1 aliphatic rings. The van der Waals surface area contributed by atoms with E-state index in [2.05, 4.69) is 34.7 Å². The summed E-state index contributed by atoms with van der Waals surface area (Å²) in [6, 6.07) is 16.1. The number of fused-ring (bicyclic) bond motifs is 1. The SMILES string of the molecule is CCCCN1CCC(c2csc3ccc(NC(=O)N(CC)c4ccccc4)cc23)CC1. The number of piperidine rings is 1. The van der Waals surface area contributed by atoms with E-state index in [1.54, 1.807) is 4.90 Å². The molecule has 164 valence electrons. The second kappa shape index (κ2) is 10.3. The zero-order valence-corrected chi connectivity index (χ0v) is 19.5. The van der Waals surface area contributed by atoms with Crippen molar-refractivity contribution in [2.24, 2.45) is 0 Å². The molecule has 5 heteroatoms. The number of amides is 2. The van der Waals surface area contributed by atoms with E-state index in [1.165, 1.54) is 61.0 Å². The minimum absolute atomic E-state index is 0.0888. The monoisotopic (exact) mass is 435 g/mol. The summed E-state index contributed by atoms with van der Waals surface area (Å²) >= 11 is 1.82. The van der Waals surface area contributed by atoms with Crippen LogP contribution in [0.4, 0.5) is 16.2 Å². The van der Waals surface area contributed by atoms with Crippen molar-refractivity contribution < 1.29 is 4.79 Å². The number of nitrogens with zero attached hydrogens (tertiary/aromatic N) is 2. The van der Waals surface area contributed by atoms with Gasteiger partial charge in [-0.2, -0.15) is 0 Å². The van der Waals surface area contributed by atoms with Crippen molar-refractivity contribution in [2.45, 2.75) is 45.4 Å². The zero-order valence-electron chi connectivity index (χ0n) is 18.6. The van der Waals surface area contributed by atoms with Crippen LogP contribution in [0.3, 0.4) is 0 Å². The van der Waals surface area contributed by atoms with Crippen LogP contribution in [0, 0.1) is 0 Å². The number of urea groups is 1. The second-order valence-corrected chi connectivity index (χ2v) is 9.29. The highest BCUT2D eigenvalue weighted by atomic mass is 32.1. The topological polar surface area (TPSA) is 35.6 Å². The molecule has 0 saturated carbocycles. The summed E-state index contributed by atoms with van der Waals surface area (Å²) in [6.07, 6.45) is 5.02. The second-order valence-electron chi connectivity index (χ2n) is 8.38. The molecular formula is C26H33N3OS. The Hall–Kier alpha value is -2.37. The largest absolute Gasteiger partial charge is 0.326 e. The molecule has 31 heavy (non-hydrogen) atoms. The van der Waals surface area contributed by atoms with Gasteiger partial charge in [0.1, 0.15) is 0 Å². The van der Waals surface area contributed by atoms with Gasteiger partial charge in [-0.3, -0.25) is 4.90 Å². The van der Waals surface area contributed by atoms with Crippen LogP contribution < -0.4 is 10.2 Å². The lowest BCUT2D eigenvalue weighted by Crippen LogP contribution is -2.34. The molecule has 4 nitrogen and oxygen atoms in total. The molecule has 1 aromatic heterocycles. The third-order valence-corrected chi connectivity index (χ3v) is 7.32. The average molecular weight is 436 g/mol. The van der Waals surface area contributed by atoms with Gasteiger partial charge in [-0.1, -0.05) is 31.5 Å². The van der Waals surface area contributed by atoms with Crippen molar-refractivity contribution in [3.63, 3.8) is 0 Å². The molecule has 1 fully saturated rings. The van der Waals surface area contributed by atoms with E-state index in [1.807, 2.05) is 54.7 Å². The summed E-state index contributed by atoms with van der Waals surface area (Å²) in [5.41, 5.74) is 3.24. The molecule has 3 aromatic rings. The quantitative estimate of drug-likeness (QED) is 0.436. The summed E-state index contributed by atoms with van der Waals surface area (Å²) in [5.74, 6) is 0.619. The van der Waals surface area contributed by atoms with Gasteiger partial charge >= 0.3 is 6.03 Å². The average Bonchev–Trinajstić information content (AvgIpc) is 3.22. The third kappa shape index (κ3) is 5.10. The number of carbonyl (C=O) groups excluding carboxylic acids is 1. The molecule has 2 heterocycles. The highest BCUT2D eigenvalue weighted by Crippen LogP contribution is 2.38. The van der Waals surface area contributed by atoms with Crippen LogP contribution >= 0.6 is 11.3 Å². The smallest absolute Gasteiger partial charge is 0.308 e. The lowest BCUT2D eigenvalue weighted by molar-refractivity contribution is 0.210. The number of nitrogens with one attached hydrogen (secondary N) is 1. The lowest BCUT2D eigenvalue weighted by atomic mass is 9.89. The minimum Gasteiger partial charge on any atom is -0.308 e. The van der Waals surface area contributed by atoms with Crippen molar-refractivity contribution in [1.82, 2.24) is 4.90 Å². The Balaban J connectivity index is 1.48. The number of benzene rings is 2. The Labute approximate surface area is 189 Å². The van der Waals surface area contributed by atoms with E-state index in [-0.39, 0.29) is 6.03 Å². The van der Waals surface area contributed by atoms with Crippen LogP contribution in [0.1, 0.15) is 51.0 Å². The van der Waals surface area contributed by atoms with Crippen LogP contribution in [0.25, 0.3) is 10.1 Å². The number of rotatable bonds is 7. The highest BCUT2D eigenvalue weighted by Gasteiger charge is 2.23. The predicted molar refractivity (Wildman–Crippen MR) is 134 cm³/mol. The zero-order chi connectivity index (χ0) is 21.6. The van der Waals surface area contributed by atoms with Gasteiger partial charge in [-0.15, -0.1) is 11.3 Å². The first-order valence-corrected chi connectivity index (χ1v) is 12.4. The molecule has 0 spiro atoms. The summed E-state index contributed by atoms with van der Waals surface area (Å²) in [5, 5.41) is 6.76. The maximum absolute atomic E-state index is 12.9. The molecule has 1 N–H and O–H groups in total. The van der Waals surface area contributed by atoms with Crippen LogP contribution in [-0.4, -0.2) is 37.1 Å². The van der Waals surface area contributed by atoms with Crippen molar-refractivity contribution in [2.75, 3.05) is 36.4 Å². The normalized spacial score (nSPS) is 15.3.